The molecule has 0 atom stereocenters. The second-order valence-corrected chi connectivity index (χ2v) is 2.77. The Bertz CT molecular complexity index is 437. The van der Waals surface area contributed by atoms with Crippen LogP contribution in [0.5, 0.6) is 11.5 Å². The van der Waals surface area contributed by atoms with Gasteiger partial charge in [-0.2, -0.15) is 5.26 Å². The van der Waals surface area contributed by atoms with Crippen LogP contribution in [0.1, 0.15) is 0 Å². The van der Waals surface area contributed by atoms with Crippen LogP contribution in [0.3, 0.4) is 0 Å². The van der Waals surface area contributed by atoms with Crippen LogP contribution in [0.15, 0.2) is 23.2 Å². The van der Waals surface area contributed by atoms with Crippen LogP contribution in [-0.2, 0) is 0 Å². The van der Waals surface area contributed by atoms with Crippen molar-refractivity contribution in [2.45, 2.75) is 0 Å². The van der Waals surface area contributed by atoms with Crippen LogP contribution in [0, 0.1) is 11.5 Å². The Labute approximate surface area is 93.3 Å². The second kappa shape index (κ2) is 5.46. The smallest absolute Gasteiger partial charge is 0.207 e. The van der Waals surface area contributed by atoms with Gasteiger partial charge >= 0.3 is 0 Å². The fourth-order valence-electron chi connectivity index (χ4n) is 1.12. The van der Waals surface area contributed by atoms with E-state index in [0.29, 0.717) is 17.2 Å². The standard InChI is InChI=1S/C10H12N4O2/c1-15-8-4-3-7(5-9(8)16-2)14-10(12)13-6-11/h3-5H,1-2H3,(H3,12,13,14). The van der Waals surface area contributed by atoms with Gasteiger partial charge < -0.3 is 15.2 Å². The third kappa shape index (κ3) is 2.78. The Morgan fingerprint density at radius 1 is 1.38 bits per heavy atom. The molecule has 6 heteroatoms. The topological polar surface area (TPSA) is 92.7 Å². The maximum atomic E-state index is 8.33. The molecule has 0 saturated heterocycles. The number of hydrogen-bond donors (Lipinski definition) is 2. The average molecular weight is 220 g/mol. The summed E-state index contributed by atoms with van der Waals surface area (Å²) in [5.41, 5.74) is 5.99. The summed E-state index contributed by atoms with van der Waals surface area (Å²) in [5.74, 6) is 1.18. The molecule has 0 aliphatic heterocycles. The highest BCUT2D eigenvalue weighted by Crippen LogP contribution is 2.30. The largest absolute Gasteiger partial charge is 0.493 e. The van der Waals surface area contributed by atoms with Crippen molar-refractivity contribution in [2.24, 2.45) is 10.7 Å². The molecule has 0 fully saturated rings. The lowest BCUT2D eigenvalue weighted by Gasteiger charge is -2.07. The van der Waals surface area contributed by atoms with Crippen molar-refractivity contribution < 1.29 is 9.47 Å². The highest BCUT2D eigenvalue weighted by molar-refractivity contribution is 5.82. The zero-order chi connectivity index (χ0) is 12.0. The predicted octanol–water partition coefficient (Wildman–Crippen LogP) is 0.721. The summed E-state index contributed by atoms with van der Waals surface area (Å²) in [7, 11) is 3.08. The zero-order valence-electron chi connectivity index (χ0n) is 9.02. The van der Waals surface area contributed by atoms with Gasteiger partial charge in [-0.1, -0.05) is 0 Å². The van der Waals surface area contributed by atoms with Gasteiger partial charge in [-0.15, -0.1) is 0 Å². The molecule has 0 aliphatic rings. The molecule has 0 saturated carbocycles. The van der Waals surface area contributed by atoms with Crippen LogP contribution in [-0.4, -0.2) is 20.2 Å². The first-order chi connectivity index (χ1) is 7.71. The van der Waals surface area contributed by atoms with E-state index >= 15 is 0 Å². The zero-order valence-corrected chi connectivity index (χ0v) is 9.02. The minimum atomic E-state index is 0.0229. The van der Waals surface area contributed by atoms with E-state index in [1.165, 1.54) is 7.11 Å². The minimum Gasteiger partial charge on any atom is -0.493 e. The molecule has 1 aromatic carbocycles. The summed E-state index contributed by atoms with van der Waals surface area (Å²) in [5, 5.41) is 10.6. The number of nitrogens with zero attached hydrogens (tertiary/aromatic N) is 2. The van der Waals surface area contributed by atoms with Crippen molar-refractivity contribution in [3.63, 3.8) is 0 Å². The third-order valence-corrected chi connectivity index (χ3v) is 1.80. The Balaban J connectivity index is 3.00. The monoisotopic (exact) mass is 220 g/mol. The first kappa shape index (κ1) is 11.7. The quantitative estimate of drug-likeness (QED) is 0.339. The van der Waals surface area contributed by atoms with Crippen molar-refractivity contribution in [1.82, 2.24) is 5.32 Å². The number of methoxy groups -OCH3 is 2. The van der Waals surface area contributed by atoms with Crippen LogP contribution in [0.25, 0.3) is 0 Å². The molecule has 1 rings (SSSR count). The molecule has 0 spiro atoms. The summed E-state index contributed by atoms with van der Waals surface area (Å²) >= 11 is 0. The van der Waals surface area contributed by atoms with Gasteiger partial charge in [0, 0.05) is 6.07 Å². The van der Waals surface area contributed by atoms with E-state index in [4.69, 9.17) is 20.5 Å². The summed E-state index contributed by atoms with van der Waals surface area (Å²) in [6, 6.07) is 5.06. The fraction of sp³-hybridized carbons (Fsp3) is 0.200. The van der Waals surface area contributed by atoms with Gasteiger partial charge in [0.15, 0.2) is 17.7 Å². The highest BCUT2D eigenvalue weighted by atomic mass is 16.5. The number of nitrogens with one attached hydrogen (secondary N) is 1. The van der Waals surface area contributed by atoms with E-state index < -0.39 is 0 Å². The number of benzene rings is 1. The fourth-order valence-corrected chi connectivity index (χ4v) is 1.12. The molecule has 0 heterocycles. The second-order valence-electron chi connectivity index (χ2n) is 2.77. The first-order valence-electron chi connectivity index (χ1n) is 4.42. The number of rotatable bonds is 3. The SMILES string of the molecule is COc1ccc(N=C(N)NC#N)cc1OC. The van der Waals surface area contributed by atoms with Gasteiger partial charge in [-0.3, -0.25) is 5.32 Å². The molecule has 0 aromatic heterocycles. The molecule has 0 unspecified atom stereocenters. The molecule has 1 aromatic rings. The highest BCUT2D eigenvalue weighted by Gasteiger charge is 2.03. The van der Waals surface area contributed by atoms with Crippen LogP contribution >= 0.6 is 0 Å². The maximum Gasteiger partial charge on any atom is 0.207 e. The van der Waals surface area contributed by atoms with Crippen molar-refractivity contribution in [2.75, 3.05) is 14.2 Å². The Morgan fingerprint density at radius 3 is 2.62 bits per heavy atom. The van der Waals surface area contributed by atoms with Crippen molar-refractivity contribution in [3.8, 4) is 17.7 Å². The number of aliphatic imine (C=N–C) groups is 1. The van der Waals surface area contributed by atoms with Gasteiger partial charge in [0.25, 0.3) is 0 Å². The molecule has 16 heavy (non-hydrogen) atoms. The summed E-state index contributed by atoms with van der Waals surface area (Å²) in [6.07, 6.45) is 1.68. The maximum absolute atomic E-state index is 8.33. The number of nitriles is 1. The molecule has 0 bridgehead atoms. The van der Waals surface area contributed by atoms with Crippen molar-refractivity contribution in [1.29, 1.82) is 5.26 Å². The summed E-state index contributed by atoms with van der Waals surface area (Å²) in [4.78, 5) is 3.96. The van der Waals surface area contributed by atoms with E-state index in [2.05, 4.69) is 10.3 Å². The lowest BCUT2D eigenvalue weighted by Crippen LogP contribution is -2.26. The number of guanidine groups is 1. The van der Waals surface area contributed by atoms with Crippen LogP contribution in [0.2, 0.25) is 0 Å². The molecular formula is C10H12N4O2. The summed E-state index contributed by atoms with van der Waals surface area (Å²) in [6.45, 7) is 0. The van der Waals surface area contributed by atoms with E-state index in [1.807, 2.05) is 0 Å². The Hall–Kier alpha value is -2.42. The van der Waals surface area contributed by atoms with E-state index in [-0.39, 0.29) is 5.96 Å². The molecule has 3 N–H and O–H groups in total. The number of ether oxygens (including phenoxy) is 2. The Kier molecular flexibility index (Phi) is 3.98. The van der Waals surface area contributed by atoms with Gasteiger partial charge in [-0.25, -0.2) is 4.99 Å². The van der Waals surface area contributed by atoms with E-state index in [1.54, 1.807) is 31.5 Å². The molecule has 6 nitrogen and oxygen atoms in total. The minimum absolute atomic E-state index is 0.0229. The average Bonchev–Trinajstić information content (AvgIpc) is 2.29. The van der Waals surface area contributed by atoms with Crippen molar-refractivity contribution in [3.05, 3.63) is 18.2 Å². The lowest BCUT2D eigenvalue weighted by molar-refractivity contribution is 0.355. The number of nitrogens with two attached hydrogens (primary N) is 1. The Morgan fingerprint density at radius 2 is 2.06 bits per heavy atom. The molecule has 0 amide bonds. The van der Waals surface area contributed by atoms with Crippen molar-refractivity contribution >= 4 is 11.6 Å². The van der Waals surface area contributed by atoms with Crippen LogP contribution in [0.4, 0.5) is 5.69 Å². The van der Waals surface area contributed by atoms with Gasteiger partial charge in [0.1, 0.15) is 0 Å². The van der Waals surface area contributed by atoms with Crippen LogP contribution < -0.4 is 20.5 Å². The third-order valence-electron chi connectivity index (χ3n) is 1.80. The van der Waals surface area contributed by atoms with Gasteiger partial charge in [0.2, 0.25) is 5.96 Å². The molecule has 0 radical (unpaired) electrons. The molecule has 84 valence electrons. The van der Waals surface area contributed by atoms with Gasteiger partial charge in [0.05, 0.1) is 19.9 Å². The number of hydrogen-bond acceptors (Lipinski definition) is 4. The molecule has 0 aliphatic carbocycles. The van der Waals surface area contributed by atoms with E-state index in [9.17, 15) is 0 Å². The summed E-state index contributed by atoms with van der Waals surface area (Å²) < 4.78 is 10.2. The lowest BCUT2D eigenvalue weighted by atomic mass is 10.3. The van der Waals surface area contributed by atoms with E-state index in [0.717, 1.165) is 0 Å². The molecular weight excluding hydrogens is 208 g/mol. The first-order valence-corrected chi connectivity index (χ1v) is 4.42. The normalized spacial score (nSPS) is 10.4. The van der Waals surface area contributed by atoms with Gasteiger partial charge in [-0.05, 0) is 12.1 Å². The predicted molar refractivity (Wildman–Crippen MR) is 59.6 cm³/mol.